The van der Waals surface area contributed by atoms with Gasteiger partial charge >= 0.3 is 5.97 Å². The summed E-state index contributed by atoms with van der Waals surface area (Å²) >= 11 is 6.24. The SMILES string of the molecule is COC(=O)C1=CC(C)=C(N2CCC(N)CC2)C(=S(=O)=O)C1Cl. The lowest BCUT2D eigenvalue weighted by molar-refractivity contribution is -0.136. The molecule has 0 saturated carbocycles. The molecule has 122 valence electrons. The van der Waals surface area contributed by atoms with E-state index in [0.717, 1.165) is 12.8 Å². The van der Waals surface area contributed by atoms with Crippen LogP contribution in [-0.4, -0.2) is 55.8 Å². The Morgan fingerprint density at radius 1 is 1.41 bits per heavy atom. The molecule has 0 spiro atoms. The number of likely N-dealkylation sites (tertiary alicyclic amines) is 1. The van der Waals surface area contributed by atoms with E-state index in [0.29, 0.717) is 24.4 Å². The van der Waals surface area contributed by atoms with Crippen LogP contribution in [0.25, 0.3) is 0 Å². The minimum atomic E-state index is -2.53. The number of nitrogens with zero attached hydrogens (tertiary/aromatic N) is 1. The van der Waals surface area contributed by atoms with E-state index in [1.165, 1.54) is 7.11 Å². The first-order valence-electron chi connectivity index (χ1n) is 6.98. The molecule has 0 radical (unpaired) electrons. The molecule has 1 unspecified atom stereocenters. The minimum Gasteiger partial charge on any atom is -0.466 e. The van der Waals surface area contributed by atoms with Crippen molar-refractivity contribution in [1.82, 2.24) is 4.90 Å². The fraction of sp³-hybridized carbons (Fsp3) is 0.571. The van der Waals surface area contributed by atoms with Gasteiger partial charge in [0.25, 0.3) is 0 Å². The van der Waals surface area contributed by atoms with E-state index in [4.69, 9.17) is 17.3 Å². The van der Waals surface area contributed by atoms with E-state index in [9.17, 15) is 13.2 Å². The van der Waals surface area contributed by atoms with E-state index < -0.39 is 21.6 Å². The quantitative estimate of drug-likeness (QED) is 0.444. The van der Waals surface area contributed by atoms with Crippen LogP contribution in [0, 0.1) is 0 Å². The molecular weight excluding hydrogens is 328 g/mol. The third-order valence-corrected chi connectivity index (χ3v) is 5.31. The number of esters is 1. The number of carbonyl (C=O) groups excluding carboxylic acids is 1. The number of ether oxygens (including phenoxy) is 1. The second-order valence-corrected chi connectivity index (χ2v) is 6.75. The molecule has 1 aliphatic carbocycles. The van der Waals surface area contributed by atoms with Crippen LogP contribution in [0.15, 0.2) is 22.9 Å². The molecule has 2 N–H and O–H groups in total. The van der Waals surface area contributed by atoms with Crippen LogP contribution in [-0.2, 0) is 19.8 Å². The molecule has 1 heterocycles. The smallest absolute Gasteiger partial charge is 0.335 e. The Kier molecular flexibility index (Phi) is 5.31. The molecule has 8 heteroatoms. The van der Waals surface area contributed by atoms with Gasteiger partial charge in [-0.3, -0.25) is 0 Å². The average Bonchev–Trinajstić information content (AvgIpc) is 2.48. The zero-order chi connectivity index (χ0) is 16.4. The van der Waals surface area contributed by atoms with Gasteiger partial charge in [0.2, 0.25) is 10.3 Å². The number of carbonyl (C=O) groups is 1. The second kappa shape index (κ2) is 6.85. The standard InChI is InChI=1S/C14H19ClN2O4S/c1-8-7-10(14(18)21-2)11(15)13(22(19)20)12(8)17-5-3-9(16)4-6-17/h7,9,11H,3-6,16H2,1-2H3. The summed E-state index contributed by atoms with van der Waals surface area (Å²) in [6.45, 7) is 3.10. The van der Waals surface area contributed by atoms with Crippen LogP contribution in [0.3, 0.4) is 0 Å². The first-order chi connectivity index (χ1) is 10.4. The number of alkyl halides is 1. The van der Waals surface area contributed by atoms with Gasteiger partial charge in [0, 0.05) is 19.1 Å². The Morgan fingerprint density at radius 3 is 2.50 bits per heavy atom. The monoisotopic (exact) mass is 346 g/mol. The van der Waals surface area contributed by atoms with E-state index in [1.54, 1.807) is 13.0 Å². The highest BCUT2D eigenvalue weighted by atomic mass is 35.5. The molecule has 2 rings (SSSR count). The van der Waals surface area contributed by atoms with Crippen molar-refractivity contribution in [3.63, 3.8) is 0 Å². The fourth-order valence-corrected chi connectivity index (χ4v) is 4.02. The summed E-state index contributed by atoms with van der Waals surface area (Å²) in [5, 5.41) is -1.04. The number of hydrogen-bond acceptors (Lipinski definition) is 6. The Hall–Kier alpha value is -1.31. The third kappa shape index (κ3) is 3.21. The maximum absolute atomic E-state index is 11.8. The largest absolute Gasteiger partial charge is 0.466 e. The Labute approximate surface area is 136 Å². The van der Waals surface area contributed by atoms with Crippen molar-refractivity contribution >= 4 is 32.7 Å². The van der Waals surface area contributed by atoms with Gasteiger partial charge in [0.05, 0.1) is 18.4 Å². The molecule has 1 atom stereocenters. The summed E-state index contributed by atoms with van der Waals surface area (Å²) in [5.74, 6) is -0.623. The van der Waals surface area contributed by atoms with Gasteiger partial charge in [-0.25, -0.2) is 4.79 Å². The van der Waals surface area contributed by atoms with E-state index >= 15 is 0 Å². The van der Waals surface area contributed by atoms with Crippen LogP contribution in [0.1, 0.15) is 19.8 Å². The number of hydrogen-bond donors (Lipinski definition) is 1. The summed E-state index contributed by atoms with van der Waals surface area (Å²) < 4.78 is 28.1. The minimum absolute atomic E-state index is 0.0255. The van der Waals surface area contributed by atoms with Crippen LogP contribution in [0.4, 0.5) is 0 Å². The lowest BCUT2D eigenvalue weighted by atomic mass is 9.94. The van der Waals surface area contributed by atoms with Crippen LogP contribution in [0.2, 0.25) is 0 Å². The van der Waals surface area contributed by atoms with Gasteiger partial charge in [-0.05, 0) is 31.4 Å². The van der Waals surface area contributed by atoms with Crippen molar-refractivity contribution < 1.29 is 17.9 Å². The summed E-state index contributed by atoms with van der Waals surface area (Å²) in [4.78, 5) is 13.8. The topological polar surface area (TPSA) is 89.7 Å². The number of methoxy groups -OCH3 is 1. The van der Waals surface area contributed by atoms with Gasteiger partial charge in [0.1, 0.15) is 10.2 Å². The van der Waals surface area contributed by atoms with Gasteiger partial charge < -0.3 is 15.4 Å². The van der Waals surface area contributed by atoms with Crippen molar-refractivity contribution in [3.05, 3.63) is 22.9 Å². The highest BCUT2D eigenvalue weighted by molar-refractivity contribution is 7.73. The molecule has 0 amide bonds. The molecule has 6 nitrogen and oxygen atoms in total. The molecular formula is C14H19ClN2O4S. The van der Waals surface area contributed by atoms with E-state index in [-0.39, 0.29) is 16.5 Å². The van der Waals surface area contributed by atoms with Gasteiger partial charge in [-0.2, -0.15) is 8.42 Å². The Bertz CT molecular complexity index is 665. The van der Waals surface area contributed by atoms with Gasteiger partial charge in [0.15, 0.2) is 0 Å². The predicted molar refractivity (Wildman–Crippen MR) is 85.1 cm³/mol. The summed E-state index contributed by atoms with van der Waals surface area (Å²) in [5.41, 5.74) is 7.29. The molecule has 1 saturated heterocycles. The number of piperidine rings is 1. The number of nitrogens with two attached hydrogens (primary N) is 1. The lowest BCUT2D eigenvalue weighted by Crippen LogP contribution is -2.44. The normalized spacial score (nSPS) is 23.5. The van der Waals surface area contributed by atoms with Crippen molar-refractivity contribution in [2.75, 3.05) is 20.2 Å². The highest BCUT2D eigenvalue weighted by Crippen LogP contribution is 2.30. The predicted octanol–water partition coefficient (Wildman–Crippen LogP) is 0.455. The van der Waals surface area contributed by atoms with E-state index in [2.05, 4.69) is 4.74 Å². The van der Waals surface area contributed by atoms with Crippen molar-refractivity contribution in [2.45, 2.75) is 31.2 Å². The summed E-state index contributed by atoms with van der Waals surface area (Å²) in [6.07, 6.45) is 3.18. The van der Waals surface area contributed by atoms with Gasteiger partial charge in [-0.15, -0.1) is 11.6 Å². The van der Waals surface area contributed by atoms with Crippen LogP contribution >= 0.6 is 11.6 Å². The molecule has 2 aliphatic rings. The van der Waals surface area contributed by atoms with Gasteiger partial charge in [-0.1, -0.05) is 0 Å². The first kappa shape index (κ1) is 17.1. The fourth-order valence-electron chi connectivity index (χ4n) is 2.80. The second-order valence-electron chi connectivity index (χ2n) is 5.41. The number of rotatable bonds is 2. The Balaban J connectivity index is 2.51. The maximum Gasteiger partial charge on any atom is 0.335 e. The van der Waals surface area contributed by atoms with Crippen molar-refractivity contribution in [3.8, 4) is 0 Å². The van der Waals surface area contributed by atoms with Crippen LogP contribution < -0.4 is 5.73 Å². The number of allylic oxidation sites excluding steroid dienone is 3. The first-order valence-corrected chi connectivity index (χ1v) is 8.49. The lowest BCUT2D eigenvalue weighted by Gasteiger charge is -2.36. The maximum atomic E-state index is 11.8. The molecule has 0 bridgehead atoms. The highest BCUT2D eigenvalue weighted by Gasteiger charge is 2.35. The van der Waals surface area contributed by atoms with Crippen LogP contribution in [0.5, 0.6) is 0 Å². The third-order valence-electron chi connectivity index (χ3n) is 3.94. The molecule has 0 aromatic carbocycles. The van der Waals surface area contributed by atoms with Crippen molar-refractivity contribution in [2.24, 2.45) is 5.73 Å². The summed E-state index contributed by atoms with van der Waals surface area (Å²) in [6, 6.07) is 0.134. The van der Waals surface area contributed by atoms with Crippen molar-refractivity contribution in [1.29, 1.82) is 0 Å². The summed E-state index contributed by atoms with van der Waals surface area (Å²) in [7, 11) is -1.29. The molecule has 22 heavy (non-hydrogen) atoms. The zero-order valence-corrected chi connectivity index (χ0v) is 14.1. The zero-order valence-electron chi connectivity index (χ0n) is 12.5. The molecule has 0 aromatic rings. The molecule has 0 aromatic heterocycles. The average molecular weight is 347 g/mol. The number of halogens is 1. The van der Waals surface area contributed by atoms with E-state index in [1.807, 2.05) is 4.90 Å². The molecule has 1 fully saturated rings. The Morgan fingerprint density at radius 2 is 2.00 bits per heavy atom. The molecule has 1 aliphatic heterocycles.